The molecule has 0 aliphatic carbocycles. The molecule has 0 radical (unpaired) electrons. The molecule has 8 heteroatoms. The van der Waals surface area contributed by atoms with Gasteiger partial charge in [0.1, 0.15) is 6.04 Å². The summed E-state index contributed by atoms with van der Waals surface area (Å²) in [5, 5.41) is 13.7. The molecule has 3 heterocycles. The van der Waals surface area contributed by atoms with Gasteiger partial charge in [-0.2, -0.15) is 0 Å². The molecule has 1 aliphatic rings. The molecular formula is C22H30N6O2. The second-order valence-corrected chi connectivity index (χ2v) is 8.77. The fraction of sp³-hybridized carbons (Fsp3) is 0.545. The number of rotatable bonds is 5. The first-order chi connectivity index (χ1) is 14.3. The van der Waals surface area contributed by atoms with Crippen LogP contribution in [0.3, 0.4) is 0 Å². The minimum absolute atomic E-state index is 0.102. The number of nitrogens with one attached hydrogen (secondary N) is 1. The van der Waals surface area contributed by atoms with Gasteiger partial charge in [0, 0.05) is 18.7 Å². The van der Waals surface area contributed by atoms with Crippen LogP contribution in [0.15, 0.2) is 23.0 Å². The van der Waals surface area contributed by atoms with Gasteiger partial charge in [-0.05, 0) is 67.6 Å². The van der Waals surface area contributed by atoms with E-state index < -0.39 is 0 Å². The van der Waals surface area contributed by atoms with Crippen LogP contribution in [-0.4, -0.2) is 56.4 Å². The number of fused-ring (bicyclic) bond motifs is 1. The summed E-state index contributed by atoms with van der Waals surface area (Å²) >= 11 is 0. The fourth-order valence-electron chi connectivity index (χ4n) is 4.19. The molecule has 1 N–H and O–H groups in total. The van der Waals surface area contributed by atoms with Gasteiger partial charge in [0.15, 0.2) is 5.82 Å². The second kappa shape index (κ2) is 7.92. The first-order valence-electron chi connectivity index (χ1n) is 10.6. The molecule has 0 bridgehead atoms. The van der Waals surface area contributed by atoms with E-state index >= 15 is 0 Å². The van der Waals surface area contributed by atoms with Gasteiger partial charge in [-0.3, -0.25) is 9.69 Å². The molecule has 160 valence electrons. The van der Waals surface area contributed by atoms with Crippen LogP contribution in [0.5, 0.6) is 0 Å². The molecule has 1 saturated heterocycles. The van der Waals surface area contributed by atoms with Crippen LogP contribution < -0.4 is 5.56 Å². The largest absolute Gasteiger partial charge is 0.379 e. The highest BCUT2D eigenvalue weighted by molar-refractivity contribution is 5.83. The predicted octanol–water partition coefficient (Wildman–Crippen LogP) is 2.70. The number of morpholine rings is 1. The average molecular weight is 411 g/mol. The van der Waals surface area contributed by atoms with Crippen LogP contribution in [0.25, 0.3) is 10.9 Å². The number of nitrogens with zero attached hydrogens (tertiary/aromatic N) is 5. The number of aryl methyl sites for hydroxylation is 2. The van der Waals surface area contributed by atoms with Crippen molar-refractivity contribution in [2.24, 2.45) is 0 Å². The summed E-state index contributed by atoms with van der Waals surface area (Å²) < 4.78 is 7.44. The first-order valence-corrected chi connectivity index (χ1v) is 10.6. The molecular weight excluding hydrogens is 380 g/mol. The minimum atomic E-state index is -0.344. The molecule has 1 aliphatic heterocycles. The molecule has 0 amide bonds. The molecule has 1 aromatic carbocycles. The van der Waals surface area contributed by atoms with E-state index in [1.807, 2.05) is 17.7 Å². The zero-order valence-electron chi connectivity index (χ0n) is 18.4. The standard InChI is InChI=1S/C22H30N6O2/c1-6-22(4,5)28-20(24-25-26-28)19(27-7-9-30-10-8-27)17-13-16-12-14(2)11-15(3)18(16)23-21(17)29/h11-13,19H,6-10H2,1-5H3,(H,23,29)/t19-/m0/s1. The normalized spacial score (nSPS) is 16.8. The van der Waals surface area contributed by atoms with Gasteiger partial charge in [-0.1, -0.05) is 18.6 Å². The number of ether oxygens (including phenoxy) is 1. The molecule has 3 aromatic rings. The monoisotopic (exact) mass is 410 g/mol. The smallest absolute Gasteiger partial charge is 0.253 e. The number of benzene rings is 1. The molecule has 0 saturated carbocycles. The van der Waals surface area contributed by atoms with E-state index in [1.165, 1.54) is 0 Å². The van der Waals surface area contributed by atoms with Crippen molar-refractivity contribution < 1.29 is 4.74 Å². The molecule has 1 fully saturated rings. The Kier molecular flexibility index (Phi) is 5.46. The molecule has 1 atom stereocenters. The summed E-state index contributed by atoms with van der Waals surface area (Å²) in [6.07, 6.45) is 0.868. The second-order valence-electron chi connectivity index (χ2n) is 8.77. The maximum Gasteiger partial charge on any atom is 0.253 e. The number of H-pyrrole nitrogens is 1. The van der Waals surface area contributed by atoms with E-state index in [4.69, 9.17) is 4.74 Å². The maximum absolute atomic E-state index is 13.3. The van der Waals surface area contributed by atoms with Crippen molar-refractivity contribution in [1.29, 1.82) is 0 Å². The van der Waals surface area contributed by atoms with E-state index in [0.717, 1.165) is 28.5 Å². The highest BCUT2D eigenvalue weighted by Gasteiger charge is 2.34. The van der Waals surface area contributed by atoms with Gasteiger partial charge in [0.05, 0.1) is 24.3 Å². The van der Waals surface area contributed by atoms with Gasteiger partial charge in [-0.15, -0.1) is 5.10 Å². The SMILES string of the molecule is CCC(C)(C)n1nnnc1[C@H](c1cc2cc(C)cc(C)c2[nH]c1=O)N1CCOCC1. The Morgan fingerprint density at radius 3 is 2.63 bits per heavy atom. The lowest BCUT2D eigenvalue weighted by molar-refractivity contribution is 0.0204. The van der Waals surface area contributed by atoms with Crippen molar-refractivity contribution in [2.75, 3.05) is 26.3 Å². The zero-order valence-corrected chi connectivity index (χ0v) is 18.4. The van der Waals surface area contributed by atoms with Crippen molar-refractivity contribution in [1.82, 2.24) is 30.1 Å². The Morgan fingerprint density at radius 2 is 1.93 bits per heavy atom. The Morgan fingerprint density at radius 1 is 1.20 bits per heavy atom. The van der Waals surface area contributed by atoms with Gasteiger partial charge in [-0.25, -0.2) is 4.68 Å². The van der Waals surface area contributed by atoms with E-state index in [9.17, 15) is 4.79 Å². The van der Waals surface area contributed by atoms with E-state index in [2.05, 4.69) is 65.2 Å². The zero-order chi connectivity index (χ0) is 21.5. The predicted molar refractivity (Wildman–Crippen MR) is 116 cm³/mol. The Hall–Kier alpha value is -2.58. The number of aromatic nitrogens is 5. The Bertz CT molecular complexity index is 1110. The Labute approximate surface area is 176 Å². The van der Waals surface area contributed by atoms with Crippen LogP contribution in [0.4, 0.5) is 0 Å². The summed E-state index contributed by atoms with van der Waals surface area (Å²) in [5.41, 5.74) is 3.40. The summed E-state index contributed by atoms with van der Waals surface area (Å²) in [6, 6.07) is 5.86. The molecule has 0 unspecified atom stereocenters. The third-order valence-electron chi connectivity index (χ3n) is 6.20. The number of hydrogen-bond donors (Lipinski definition) is 1. The number of hydrogen-bond acceptors (Lipinski definition) is 6. The lowest BCUT2D eigenvalue weighted by atomic mass is 9.98. The first kappa shape index (κ1) is 20.7. The summed E-state index contributed by atoms with van der Waals surface area (Å²) in [7, 11) is 0. The lowest BCUT2D eigenvalue weighted by Crippen LogP contribution is -2.43. The van der Waals surface area contributed by atoms with Crippen LogP contribution in [0, 0.1) is 13.8 Å². The Balaban J connectivity index is 1.93. The van der Waals surface area contributed by atoms with Gasteiger partial charge >= 0.3 is 0 Å². The number of aromatic amines is 1. The van der Waals surface area contributed by atoms with Gasteiger partial charge in [0.2, 0.25) is 0 Å². The third-order valence-corrected chi connectivity index (χ3v) is 6.20. The molecule has 0 spiro atoms. The van der Waals surface area contributed by atoms with Crippen molar-refractivity contribution in [3.63, 3.8) is 0 Å². The minimum Gasteiger partial charge on any atom is -0.379 e. The summed E-state index contributed by atoms with van der Waals surface area (Å²) in [4.78, 5) is 18.7. The molecule has 2 aromatic heterocycles. The van der Waals surface area contributed by atoms with Crippen molar-refractivity contribution >= 4 is 10.9 Å². The maximum atomic E-state index is 13.3. The van der Waals surface area contributed by atoms with Crippen LogP contribution in [0.2, 0.25) is 0 Å². The molecule has 4 rings (SSSR count). The van der Waals surface area contributed by atoms with Crippen molar-refractivity contribution in [2.45, 2.75) is 52.6 Å². The van der Waals surface area contributed by atoms with E-state index in [0.29, 0.717) is 37.7 Å². The van der Waals surface area contributed by atoms with E-state index in [1.54, 1.807) is 0 Å². The number of pyridine rings is 1. The van der Waals surface area contributed by atoms with E-state index in [-0.39, 0.29) is 17.1 Å². The third kappa shape index (κ3) is 3.65. The average Bonchev–Trinajstić information content (AvgIpc) is 3.20. The van der Waals surface area contributed by atoms with Crippen LogP contribution >= 0.6 is 0 Å². The summed E-state index contributed by atoms with van der Waals surface area (Å²) in [5.74, 6) is 0.693. The highest BCUT2D eigenvalue weighted by Crippen LogP contribution is 2.31. The number of tetrazole rings is 1. The topological polar surface area (TPSA) is 88.9 Å². The van der Waals surface area contributed by atoms with Crippen LogP contribution in [-0.2, 0) is 10.3 Å². The molecule has 30 heavy (non-hydrogen) atoms. The molecule has 8 nitrogen and oxygen atoms in total. The van der Waals surface area contributed by atoms with Gasteiger partial charge in [0.25, 0.3) is 5.56 Å². The van der Waals surface area contributed by atoms with Crippen LogP contribution in [0.1, 0.15) is 55.7 Å². The van der Waals surface area contributed by atoms with Crippen molar-refractivity contribution in [3.05, 3.63) is 51.1 Å². The fourth-order valence-corrected chi connectivity index (χ4v) is 4.19. The highest BCUT2D eigenvalue weighted by atomic mass is 16.5. The summed E-state index contributed by atoms with van der Waals surface area (Å²) in [6.45, 7) is 13.1. The van der Waals surface area contributed by atoms with Crippen molar-refractivity contribution in [3.8, 4) is 0 Å². The van der Waals surface area contributed by atoms with Gasteiger partial charge < -0.3 is 9.72 Å². The quantitative estimate of drug-likeness (QED) is 0.696. The lowest BCUT2D eigenvalue weighted by Gasteiger charge is -2.35.